The lowest BCUT2D eigenvalue weighted by Gasteiger charge is -2.22. The van der Waals surface area contributed by atoms with Crippen LogP contribution < -0.4 is 16.0 Å². The first kappa shape index (κ1) is 20.4. The van der Waals surface area contributed by atoms with E-state index in [0.29, 0.717) is 0 Å². The second-order valence-corrected chi connectivity index (χ2v) is 8.12. The minimum Gasteiger partial charge on any atom is -0.384 e. The van der Waals surface area contributed by atoms with Gasteiger partial charge in [-0.1, -0.05) is 30.3 Å². The maximum Gasteiger partial charge on any atom is 0.221 e. The number of anilines is 2. The summed E-state index contributed by atoms with van der Waals surface area (Å²) >= 11 is 0. The van der Waals surface area contributed by atoms with Crippen molar-refractivity contribution in [1.82, 2.24) is 10.3 Å². The quantitative estimate of drug-likeness (QED) is 0.484. The monoisotopic (exact) mass is 402 g/mol. The number of para-hydroxylation sites is 1. The summed E-state index contributed by atoms with van der Waals surface area (Å²) in [5.74, 6) is 0.732. The summed E-state index contributed by atoms with van der Waals surface area (Å²) in [6, 6.07) is 18.2. The van der Waals surface area contributed by atoms with Crippen LogP contribution in [0, 0.1) is 5.92 Å². The Morgan fingerprint density at radius 3 is 2.90 bits per heavy atom. The molecule has 0 saturated carbocycles. The third kappa shape index (κ3) is 5.16. The van der Waals surface area contributed by atoms with Crippen LogP contribution in [0.4, 0.5) is 11.4 Å². The maximum absolute atomic E-state index is 11.4. The molecule has 30 heavy (non-hydrogen) atoms. The first-order valence-corrected chi connectivity index (χ1v) is 10.9. The highest BCUT2D eigenvalue weighted by Gasteiger charge is 2.13. The molecule has 0 bridgehead atoms. The van der Waals surface area contributed by atoms with Gasteiger partial charge < -0.3 is 16.0 Å². The van der Waals surface area contributed by atoms with Gasteiger partial charge in [-0.25, -0.2) is 4.98 Å². The van der Waals surface area contributed by atoms with Crippen LogP contribution in [0.2, 0.25) is 0 Å². The van der Waals surface area contributed by atoms with Gasteiger partial charge in [0.25, 0.3) is 0 Å². The molecule has 1 saturated heterocycles. The van der Waals surface area contributed by atoms with Gasteiger partial charge in [-0.2, -0.15) is 0 Å². The first-order valence-electron chi connectivity index (χ1n) is 10.9. The van der Waals surface area contributed by atoms with E-state index in [9.17, 15) is 4.79 Å². The van der Waals surface area contributed by atoms with Crippen LogP contribution in [0.15, 0.2) is 54.6 Å². The third-order valence-corrected chi connectivity index (χ3v) is 5.70. The molecule has 1 unspecified atom stereocenters. The highest BCUT2D eigenvalue weighted by molar-refractivity contribution is 5.94. The Kier molecular flexibility index (Phi) is 6.60. The number of aromatic nitrogens is 1. The number of nitrogens with zero attached hydrogens (tertiary/aromatic N) is 1. The van der Waals surface area contributed by atoms with Crippen LogP contribution in [0.1, 0.15) is 32.6 Å². The van der Waals surface area contributed by atoms with E-state index in [1.54, 1.807) is 0 Å². The molecule has 1 amide bonds. The van der Waals surface area contributed by atoms with Gasteiger partial charge in [0.2, 0.25) is 5.91 Å². The van der Waals surface area contributed by atoms with Crippen LogP contribution in [-0.4, -0.2) is 30.5 Å². The van der Waals surface area contributed by atoms with Crippen molar-refractivity contribution in [3.8, 4) is 11.3 Å². The minimum absolute atomic E-state index is 0.0749. The van der Waals surface area contributed by atoms with Crippen LogP contribution in [0.3, 0.4) is 0 Å². The van der Waals surface area contributed by atoms with Gasteiger partial charge in [-0.3, -0.25) is 4.79 Å². The van der Waals surface area contributed by atoms with Gasteiger partial charge in [0, 0.05) is 35.8 Å². The molecule has 2 heterocycles. The van der Waals surface area contributed by atoms with Crippen LogP contribution in [0.25, 0.3) is 22.2 Å². The van der Waals surface area contributed by atoms with Crippen molar-refractivity contribution >= 4 is 28.2 Å². The minimum atomic E-state index is -0.0749. The lowest BCUT2D eigenvalue weighted by Crippen LogP contribution is -2.29. The van der Waals surface area contributed by atoms with Crippen molar-refractivity contribution in [2.45, 2.75) is 32.6 Å². The SMILES string of the molecule is CC(=O)Nc1cccc(-c2cc(NCCCC3CCCNC3)c3ccccc3n2)c1. The molecule has 1 aliphatic rings. The smallest absolute Gasteiger partial charge is 0.221 e. The predicted octanol–water partition coefficient (Wildman–Crippen LogP) is 5.05. The van der Waals surface area contributed by atoms with E-state index in [1.165, 1.54) is 32.7 Å². The largest absolute Gasteiger partial charge is 0.384 e. The van der Waals surface area contributed by atoms with E-state index in [2.05, 4.69) is 40.2 Å². The lowest BCUT2D eigenvalue weighted by molar-refractivity contribution is -0.114. The van der Waals surface area contributed by atoms with E-state index >= 15 is 0 Å². The van der Waals surface area contributed by atoms with E-state index in [1.807, 2.05) is 30.3 Å². The van der Waals surface area contributed by atoms with Gasteiger partial charge in [0.05, 0.1) is 11.2 Å². The molecule has 5 nitrogen and oxygen atoms in total. The number of pyridine rings is 1. The number of nitrogens with one attached hydrogen (secondary N) is 3. The summed E-state index contributed by atoms with van der Waals surface area (Å²) < 4.78 is 0. The highest BCUT2D eigenvalue weighted by atomic mass is 16.1. The number of hydrogen-bond donors (Lipinski definition) is 3. The van der Waals surface area contributed by atoms with Gasteiger partial charge in [0.1, 0.15) is 0 Å². The Balaban J connectivity index is 1.53. The molecular formula is C25H30N4O. The molecule has 3 N–H and O–H groups in total. The summed E-state index contributed by atoms with van der Waals surface area (Å²) in [5, 5.41) is 11.1. The number of carbonyl (C=O) groups is 1. The second kappa shape index (κ2) is 9.72. The molecule has 1 fully saturated rings. The highest BCUT2D eigenvalue weighted by Crippen LogP contribution is 2.29. The Morgan fingerprint density at radius 2 is 2.07 bits per heavy atom. The van der Waals surface area contributed by atoms with Crippen LogP contribution >= 0.6 is 0 Å². The topological polar surface area (TPSA) is 66.1 Å². The average Bonchev–Trinajstić information content (AvgIpc) is 2.77. The predicted molar refractivity (Wildman–Crippen MR) is 125 cm³/mol. The molecule has 156 valence electrons. The molecule has 1 atom stereocenters. The standard InChI is InChI=1S/C25H30N4O/c1-18(30)28-21-10-4-9-20(15-21)24-16-25(22-11-2-3-12-23(22)29-24)27-14-6-8-19-7-5-13-26-17-19/h2-4,9-12,15-16,19,26H,5-8,13-14,17H2,1H3,(H,27,29)(H,28,30). The van der Waals surface area contributed by atoms with Crippen molar-refractivity contribution in [2.24, 2.45) is 5.92 Å². The molecule has 0 spiro atoms. The number of amides is 1. The number of hydrogen-bond acceptors (Lipinski definition) is 4. The Labute approximate surface area is 178 Å². The summed E-state index contributed by atoms with van der Waals surface area (Å²) in [4.78, 5) is 16.3. The molecule has 1 aliphatic heterocycles. The Bertz CT molecular complexity index is 1010. The van der Waals surface area contributed by atoms with Gasteiger partial charge >= 0.3 is 0 Å². The van der Waals surface area contributed by atoms with E-state index in [4.69, 9.17) is 4.98 Å². The van der Waals surface area contributed by atoms with Crippen molar-refractivity contribution < 1.29 is 4.79 Å². The summed E-state index contributed by atoms with van der Waals surface area (Å²) in [5.41, 5.74) is 4.76. The fourth-order valence-electron chi connectivity index (χ4n) is 4.21. The van der Waals surface area contributed by atoms with E-state index in [0.717, 1.165) is 59.0 Å². The Hall–Kier alpha value is -2.92. The number of benzene rings is 2. The number of rotatable bonds is 7. The van der Waals surface area contributed by atoms with Crippen LogP contribution in [0.5, 0.6) is 0 Å². The van der Waals surface area contributed by atoms with Crippen molar-refractivity contribution in [1.29, 1.82) is 0 Å². The molecular weight excluding hydrogens is 372 g/mol. The van der Waals surface area contributed by atoms with E-state index < -0.39 is 0 Å². The zero-order valence-electron chi connectivity index (χ0n) is 17.6. The number of piperidine rings is 1. The Morgan fingerprint density at radius 1 is 1.17 bits per heavy atom. The zero-order valence-corrected chi connectivity index (χ0v) is 17.6. The summed E-state index contributed by atoms with van der Waals surface area (Å²) in [7, 11) is 0. The molecule has 1 aromatic heterocycles. The third-order valence-electron chi connectivity index (χ3n) is 5.70. The molecule has 0 aliphatic carbocycles. The normalized spacial score (nSPS) is 16.4. The summed E-state index contributed by atoms with van der Waals surface area (Å²) in [6.07, 6.45) is 5.07. The molecule has 3 aromatic rings. The average molecular weight is 403 g/mol. The molecule has 2 aromatic carbocycles. The van der Waals surface area contributed by atoms with Crippen molar-refractivity contribution in [2.75, 3.05) is 30.3 Å². The van der Waals surface area contributed by atoms with E-state index in [-0.39, 0.29) is 5.91 Å². The van der Waals surface area contributed by atoms with Crippen LogP contribution in [-0.2, 0) is 4.79 Å². The zero-order chi connectivity index (χ0) is 20.8. The second-order valence-electron chi connectivity index (χ2n) is 8.12. The molecule has 5 heteroatoms. The fraction of sp³-hybridized carbons (Fsp3) is 0.360. The van der Waals surface area contributed by atoms with Crippen molar-refractivity contribution in [3.05, 3.63) is 54.6 Å². The van der Waals surface area contributed by atoms with Crippen molar-refractivity contribution in [3.63, 3.8) is 0 Å². The maximum atomic E-state index is 11.4. The fourth-order valence-corrected chi connectivity index (χ4v) is 4.21. The van der Waals surface area contributed by atoms with Gasteiger partial charge in [-0.15, -0.1) is 0 Å². The first-order chi connectivity index (χ1) is 14.7. The molecule has 4 rings (SSSR count). The molecule has 0 radical (unpaired) electrons. The lowest BCUT2D eigenvalue weighted by atomic mass is 9.95. The number of fused-ring (bicyclic) bond motifs is 1. The van der Waals surface area contributed by atoms with Gasteiger partial charge in [0.15, 0.2) is 0 Å². The summed E-state index contributed by atoms with van der Waals surface area (Å²) in [6.45, 7) is 4.80. The number of carbonyl (C=O) groups excluding carboxylic acids is 1. The van der Waals surface area contributed by atoms with Gasteiger partial charge in [-0.05, 0) is 69.0 Å².